The van der Waals surface area contributed by atoms with Crippen LogP contribution < -0.4 is 16.5 Å². The lowest BCUT2D eigenvalue weighted by atomic mass is 10.1. The van der Waals surface area contributed by atoms with Crippen molar-refractivity contribution in [2.45, 2.75) is 45.9 Å². The summed E-state index contributed by atoms with van der Waals surface area (Å²) in [6, 6.07) is 6.76. The van der Waals surface area contributed by atoms with E-state index in [0.717, 1.165) is 24.0 Å². The minimum absolute atomic E-state index is 0.0186. The number of fused-ring (bicyclic) bond motifs is 2. The van der Waals surface area contributed by atoms with Crippen LogP contribution >= 0.6 is 0 Å². The molecule has 0 spiro atoms. The van der Waals surface area contributed by atoms with E-state index >= 15 is 0 Å². The molecular formula is C25H29F2N9O. The van der Waals surface area contributed by atoms with Crippen LogP contribution in [-0.4, -0.2) is 53.9 Å². The van der Waals surface area contributed by atoms with E-state index in [2.05, 4.69) is 35.6 Å². The van der Waals surface area contributed by atoms with E-state index in [1.807, 2.05) is 31.4 Å². The second-order valence-electron chi connectivity index (χ2n) is 9.49. The number of nitrogens with two attached hydrogens (primary N) is 1. The molecule has 1 aromatic carbocycles. The van der Waals surface area contributed by atoms with Crippen LogP contribution in [-0.2, 0) is 13.0 Å². The van der Waals surface area contributed by atoms with Crippen LogP contribution in [0.4, 0.5) is 20.5 Å². The van der Waals surface area contributed by atoms with Crippen LogP contribution in [0.2, 0.25) is 0 Å². The smallest absolute Gasteiger partial charge is 0.229 e. The van der Waals surface area contributed by atoms with E-state index < -0.39 is 17.8 Å². The van der Waals surface area contributed by atoms with Gasteiger partial charge in [0.25, 0.3) is 0 Å². The average Bonchev–Trinajstić information content (AvgIpc) is 3.21. The van der Waals surface area contributed by atoms with E-state index in [1.54, 1.807) is 12.1 Å². The van der Waals surface area contributed by atoms with Gasteiger partial charge in [-0.3, -0.25) is 4.90 Å². The molecule has 0 bridgehead atoms. The first-order valence-corrected chi connectivity index (χ1v) is 12.1. The van der Waals surface area contributed by atoms with Crippen molar-refractivity contribution >= 4 is 22.8 Å². The standard InChI is InChI=1S/C25H29F2N9O/c1-13(2)36-14(3)30-24-17(26)8-16(9-20(24)36)23-18(27)10-29-25(33-23)32-22-5-4-15-11-35(12-21(28)34-37)7-6-19(15)31-22/h4-5,8-10,13,21,34,37H,6-7,11-12,28H2,1-3H3,(H,29,31,32,33)/t21-/m1/s1. The molecule has 1 atom stereocenters. The van der Waals surface area contributed by atoms with Crippen LogP contribution in [0.3, 0.4) is 0 Å². The summed E-state index contributed by atoms with van der Waals surface area (Å²) in [5, 5.41) is 12.0. The second kappa shape index (κ2) is 10.1. The van der Waals surface area contributed by atoms with Crippen LogP contribution in [0.15, 0.2) is 30.5 Å². The highest BCUT2D eigenvalue weighted by atomic mass is 19.1. The summed E-state index contributed by atoms with van der Waals surface area (Å²) >= 11 is 0. The lowest BCUT2D eigenvalue weighted by Crippen LogP contribution is -2.47. The Labute approximate surface area is 212 Å². The number of nitrogens with one attached hydrogen (secondary N) is 2. The minimum atomic E-state index is -0.661. The largest absolute Gasteiger partial charge is 0.326 e. The van der Waals surface area contributed by atoms with Gasteiger partial charge >= 0.3 is 0 Å². The topological polar surface area (TPSA) is 130 Å². The molecule has 0 aliphatic carbocycles. The number of nitrogens with zero attached hydrogens (tertiary/aromatic N) is 6. The molecule has 0 amide bonds. The molecule has 4 heterocycles. The molecule has 1 aliphatic heterocycles. The summed E-state index contributed by atoms with van der Waals surface area (Å²) in [6.45, 7) is 7.70. The first kappa shape index (κ1) is 25.1. The van der Waals surface area contributed by atoms with Crippen molar-refractivity contribution in [1.82, 2.24) is 34.9 Å². The first-order valence-electron chi connectivity index (χ1n) is 12.1. The molecule has 194 valence electrons. The fraction of sp³-hybridized carbons (Fsp3) is 0.360. The predicted octanol–water partition coefficient (Wildman–Crippen LogP) is 3.42. The molecule has 0 saturated heterocycles. The molecule has 1 aliphatic rings. The van der Waals surface area contributed by atoms with Gasteiger partial charge in [0, 0.05) is 43.4 Å². The lowest BCUT2D eigenvalue weighted by molar-refractivity contribution is 0.0986. The number of hydrogen-bond acceptors (Lipinski definition) is 9. The van der Waals surface area contributed by atoms with Gasteiger partial charge in [0.2, 0.25) is 5.95 Å². The van der Waals surface area contributed by atoms with Gasteiger partial charge < -0.3 is 20.8 Å². The number of imidazole rings is 1. The van der Waals surface area contributed by atoms with Gasteiger partial charge in [0.15, 0.2) is 11.6 Å². The molecule has 0 saturated carbocycles. The SMILES string of the molecule is Cc1nc2c(F)cc(-c3nc(Nc4ccc5c(n4)CCN(C[C@H](N)NO)C5)ncc3F)cc2n1C(C)C. The fourth-order valence-electron chi connectivity index (χ4n) is 4.82. The highest BCUT2D eigenvalue weighted by Gasteiger charge is 2.21. The first-order chi connectivity index (χ1) is 17.7. The number of halogens is 2. The second-order valence-corrected chi connectivity index (χ2v) is 9.49. The Hall–Kier alpha value is -3.58. The van der Waals surface area contributed by atoms with Crippen molar-refractivity contribution < 1.29 is 14.0 Å². The Balaban J connectivity index is 1.42. The highest BCUT2D eigenvalue weighted by molar-refractivity contribution is 5.83. The van der Waals surface area contributed by atoms with Crippen LogP contribution in [0.5, 0.6) is 0 Å². The predicted molar refractivity (Wildman–Crippen MR) is 135 cm³/mol. The van der Waals surface area contributed by atoms with Crippen molar-refractivity contribution in [3.63, 3.8) is 0 Å². The Bertz CT molecular complexity index is 1460. The maximum atomic E-state index is 15.0. The molecule has 0 fully saturated rings. The molecular weight excluding hydrogens is 480 g/mol. The lowest BCUT2D eigenvalue weighted by Gasteiger charge is -2.29. The number of benzene rings is 1. The Morgan fingerprint density at radius 1 is 1.14 bits per heavy atom. The molecule has 5 N–H and O–H groups in total. The third kappa shape index (κ3) is 5.01. The van der Waals surface area contributed by atoms with Gasteiger partial charge in [-0.2, -0.15) is 5.48 Å². The normalized spacial score (nSPS) is 14.8. The van der Waals surface area contributed by atoms with Gasteiger partial charge in [-0.05, 0) is 44.5 Å². The van der Waals surface area contributed by atoms with Crippen molar-refractivity contribution in [3.05, 3.63) is 59.2 Å². The third-order valence-electron chi connectivity index (χ3n) is 6.45. The molecule has 5 rings (SSSR count). The third-order valence-corrected chi connectivity index (χ3v) is 6.45. The zero-order valence-electron chi connectivity index (χ0n) is 20.8. The van der Waals surface area contributed by atoms with Crippen LogP contribution in [0.1, 0.15) is 37.0 Å². The fourth-order valence-corrected chi connectivity index (χ4v) is 4.82. The molecule has 3 aromatic heterocycles. The summed E-state index contributed by atoms with van der Waals surface area (Å²) < 4.78 is 31.7. The van der Waals surface area contributed by atoms with E-state index in [1.165, 1.54) is 6.07 Å². The zero-order chi connectivity index (χ0) is 26.3. The molecule has 37 heavy (non-hydrogen) atoms. The molecule has 10 nitrogen and oxygen atoms in total. The Kier molecular flexibility index (Phi) is 6.82. The summed E-state index contributed by atoms with van der Waals surface area (Å²) in [5.41, 5.74) is 10.9. The van der Waals surface area contributed by atoms with Crippen molar-refractivity contribution in [1.29, 1.82) is 0 Å². The van der Waals surface area contributed by atoms with Crippen LogP contribution in [0, 0.1) is 18.6 Å². The molecule has 0 radical (unpaired) electrons. The minimum Gasteiger partial charge on any atom is -0.326 e. The maximum Gasteiger partial charge on any atom is 0.229 e. The summed E-state index contributed by atoms with van der Waals surface area (Å²) in [7, 11) is 0. The Morgan fingerprint density at radius 2 is 1.95 bits per heavy atom. The van der Waals surface area contributed by atoms with E-state index in [4.69, 9.17) is 10.9 Å². The number of aromatic nitrogens is 5. The van der Waals surface area contributed by atoms with Crippen molar-refractivity contribution in [3.8, 4) is 11.3 Å². The molecule has 0 unspecified atom stereocenters. The number of rotatable bonds is 7. The van der Waals surface area contributed by atoms with Crippen molar-refractivity contribution in [2.24, 2.45) is 5.73 Å². The van der Waals surface area contributed by atoms with Crippen LogP contribution in [0.25, 0.3) is 22.3 Å². The molecule has 4 aromatic rings. The summed E-state index contributed by atoms with van der Waals surface area (Å²) in [4.78, 5) is 19.6. The van der Waals surface area contributed by atoms with E-state index in [-0.39, 0.29) is 23.2 Å². The zero-order valence-corrected chi connectivity index (χ0v) is 20.8. The van der Waals surface area contributed by atoms with Gasteiger partial charge in [0.1, 0.15) is 22.9 Å². The maximum absolute atomic E-state index is 15.0. The number of hydroxylamine groups is 1. The number of hydrogen-bond donors (Lipinski definition) is 4. The van der Waals surface area contributed by atoms with Gasteiger partial charge in [-0.1, -0.05) is 6.07 Å². The van der Waals surface area contributed by atoms with E-state index in [0.29, 0.717) is 42.2 Å². The van der Waals surface area contributed by atoms with Crippen molar-refractivity contribution in [2.75, 3.05) is 18.4 Å². The average molecular weight is 510 g/mol. The monoisotopic (exact) mass is 509 g/mol. The summed E-state index contributed by atoms with van der Waals surface area (Å²) in [6.07, 6.45) is 1.25. The summed E-state index contributed by atoms with van der Waals surface area (Å²) in [5.74, 6) is 0.152. The number of aryl methyl sites for hydroxylation is 1. The van der Waals surface area contributed by atoms with E-state index in [9.17, 15) is 8.78 Å². The number of pyridine rings is 1. The number of anilines is 2. The quantitative estimate of drug-likeness (QED) is 0.219. The van der Waals surface area contributed by atoms with Gasteiger partial charge in [0.05, 0.1) is 17.9 Å². The van der Waals surface area contributed by atoms with Gasteiger partial charge in [-0.25, -0.2) is 28.7 Å². The Morgan fingerprint density at radius 3 is 2.70 bits per heavy atom. The highest BCUT2D eigenvalue weighted by Crippen LogP contribution is 2.30. The molecule has 12 heteroatoms. The van der Waals surface area contributed by atoms with Gasteiger partial charge in [-0.15, -0.1) is 0 Å².